The largest absolute Gasteiger partial charge is 0.494 e. The van der Waals surface area contributed by atoms with E-state index in [-0.39, 0.29) is 24.3 Å². The molecule has 2 aromatic carbocycles. The highest BCUT2D eigenvalue weighted by Crippen LogP contribution is 2.18. The van der Waals surface area contributed by atoms with Crippen molar-refractivity contribution in [1.29, 1.82) is 0 Å². The number of hydrogen-bond acceptors (Lipinski definition) is 3. The van der Waals surface area contributed by atoms with E-state index in [4.69, 9.17) is 4.74 Å². The zero-order valence-corrected chi connectivity index (χ0v) is 15.9. The van der Waals surface area contributed by atoms with Crippen molar-refractivity contribution in [2.75, 3.05) is 25.1 Å². The SMILES string of the molecule is CCOc1ccc(CN(C)C(=O)CN(c2ccc(F)cc2)C(C)C)cc1. The first kappa shape index (κ1) is 19.8. The van der Waals surface area contributed by atoms with Crippen molar-refractivity contribution in [1.82, 2.24) is 4.90 Å². The number of rotatable bonds is 8. The summed E-state index contributed by atoms with van der Waals surface area (Å²) in [7, 11) is 1.79. The Morgan fingerprint density at radius 2 is 1.69 bits per heavy atom. The normalized spacial score (nSPS) is 10.7. The molecule has 0 atom stereocenters. The van der Waals surface area contributed by atoms with Gasteiger partial charge in [0, 0.05) is 25.3 Å². The lowest BCUT2D eigenvalue weighted by Gasteiger charge is -2.30. The van der Waals surface area contributed by atoms with Crippen molar-refractivity contribution < 1.29 is 13.9 Å². The topological polar surface area (TPSA) is 32.8 Å². The fourth-order valence-electron chi connectivity index (χ4n) is 2.69. The van der Waals surface area contributed by atoms with Gasteiger partial charge in [0.25, 0.3) is 0 Å². The molecule has 1 amide bonds. The molecule has 4 nitrogen and oxygen atoms in total. The van der Waals surface area contributed by atoms with Crippen molar-refractivity contribution in [3.05, 3.63) is 59.9 Å². The Morgan fingerprint density at radius 1 is 1.08 bits per heavy atom. The van der Waals surface area contributed by atoms with Gasteiger partial charge in [0.1, 0.15) is 11.6 Å². The van der Waals surface area contributed by atoms with Gasteiger partial charge in [0.2, 0.25) is 5.91 Å². The number of amides is 1. The molecule has 0 radical (unpaired) electrons. The molecule has 0 fully saturated rings. The number of halogens is 1. The summed E-state index contributed by atoms with van der Waals surface area (Å²) in [4.78, 5) is 16.3. The Labute approximate surface area is 155 Å². The third-order valence-corrected chi connectivity index (χ3v) is 4.17. The van der Waals surface area contributed by atoms with E-state index < -0.39 is 0 Å². The maximum absolute atomic E-state index is 13.2. The number of carbonyl (C=O) groups is 1. The zero-order valence-electron chi connectivity index (χ0n) is 15.9. The molecule has 0 aliphatic carbocycles. The van der Waals surface area contributed by atoms with E-state index >= 15 is 0 Å². The van der Waals surface area contributed by atoms with Crippen molar-refractivity contribution in [3.8, 4) is 5.75 Å². The highest BCUT2D eigenvalue weighted by atomic mass is 19.1. The molecule has 0 heterocycles. The smallest absolute Gasteiger partial charge is 0.242 e. The van der Waals surface area contributed by atoms with Gasteiger partial charge < -0.3 is 14.5 Å². The van der Waals surface area contributed by atoms with E-state index in [0.29, 0.717) is 13.2 Å². The van der Waals surface area contributed by atoms with E-state index in [1.807, 2.05) is 49.9 Å². The van der Waals surface area contributed by atoms with Crippen LogP contribution < -0.4 is 9.64 Å². The first-order valence-corrected chi connectivity index (χ1v) is 8.88. The number of hydrogen-bond donors (Lipinski definition) is 0. The zero-order chi connectivity index (χ0) is 19.1. The van der Waals surface area contributed by atoms with Gasteiger partial charge >= 0.3 is 0 Å². The molecule has 0 aliphatic rings. The summed E-state index contributed by atoms with van der Waals surface area (Å²) in [5.41, 5.74) is 1.88. The van der Waals surface area contributed by atoms with Gasteiger partial charge in [0.15, 0.2) is 0 Å². The van der Waals surface area contributed by atoms with Crippen LogP contribution in [0.15, 0.2) is 48.5 Å². The van der Waals surface area contributed by atoms with Crippen LogP contribution in [0.3, 0.4) is 0 Å². The third kappa shape index (κ3) is 5.48. The van der Waals surface area contributed by atoms with Crippen LogP contribution in [-0.4, -0.2) is 37.0 Å². The fraction of sp³-hybridized carbons (Fsp3) is 0.381. The van der Waals surface area contributed by atoms with Crippen LogP contribution in [0, 0.1) is 5.82 Å². The average molecular weight is 358 g/mol. The van der Waals surface area contributed by atoms with Crippen molar-refractivity contribution in [2.45, 2.75) is 33.4 Å². The summed E-state index contributed by atoms with van der Waals surface area (Å²) in [6, 6.07) is 14.1. The van der Waals surface area contributed by atoms with Crippen LogP contribution in [0.1, 0.15) is 26.3 Å². The Balaban J connectivity index is 2.00. The fourth-order valence-corrected chi connectivity index (χ4v) is 2.69. The van der Waals surface area contributed by atoms with E-state index in [2.05, 4.69) is 0 Å². The first-order valence-electron chi connectivity index (χ1n) is 8.88. The van der Waals surface area contributed by atoms with Crippen LogP contribution in [0.5, 0.6) is 5.75 Å². The Kier molecular flexibility index (Phi) is 7.01. The van der Waals surface area contributed by atoms with Gasteiger partial charge in [-0.1, -0.05) is 12.1 Å². The number of ether oxygens (including phenoxy) is 1. The highest BCUT2D eigenvalue weighted by molar-refractivity contribution is 5.81. The van der Waals surface area contributed by atoms with E-state index in [0.717, 1.165) is 17.0 Å². The molecule has 0 aliphatic heterocycles. The molecule has 2 aromatic rings. The molecule has 0 saturated heterocycles. The number of anilines is 1. The monoisotopic (exact) mass is 358 g/mol. The molecule has 0 spiro atoms. The van der Waals surface area contributed by atoms with Crippen LogP contribution in [0.2, 0.25) is 0 Å². The molecule has 0 aromatic heterocycles. The summed E-state index contributed by atoms with van der Waals surface area (Å²) < 4.78 is 18.6. The van der Waals surface area contributed by atoms with Gasteiger partial charge in [-0.25, -0.2) is 4.39 Å². The van der Waals surface area contributed by atoms with E-state index in [1.165, 1.54) is 12.1 Å². The lowest BCUT2D eigenvalue weighted by molar-refractivity contribution is -0.129. The molecule has 2 rings (SSSR count). The second kappa shape index (κ2) is 9.22. The second-order valence-corrected chi connectivity index (χ2v) is 6.52. The van der Waals surface area contributed by atoms with Gasteiger partial charge in [-0.05, 0) is 62.7 Å². The summed E-state index contributed by atoms with van der Waals surface area (Å²) >= 11 is 0. The van der Waals surface area contributed by atoms with Crippen LogP contribution in [-0.2, 0) is 11.3 Å². The minimum atomic E-state index is -0.281. The standard InChI is InChI=1S/C21H27FN2O2/c1-5-26-20-12-6-17(7-13-20)14-23(4)21(25)15-24(16(2)3)19-10-8-18(22)9-11-19/h6-13,16H,5,14-15H2,1-4H3. The third-order valence-electron chi connectivity index (χ3n) is 4.17. The summed E-state index contributed by atoms with van der Waals surface area (Å²) in [5.74, 6) is 0.556. The highest BCUT2D eigenvalue weighted by Gasteiger charge is 2.18. The van der Waals surface area contributed by atoms with E-state index in [9.17, 15) is 9.18 Å². The average Bonchev–Trinajstić information content (AvgIpc) is 2.62. The van der Waals surface area contributed by atoms with Crippen molar-refractivity contribution in [3.63, 3.8) is 0 Å². The predicted octanol–water partition coefficient (Wildman–Crippen LogP) is 4.10. The molecule has 140 valence electrons. The van der Waals surface area contributed by atoms with Gasteiger partial charge in [-0.15, -0.1) is 0 Å². The molecule has 5 heteroatoms. The summed E-state index contributed by atoms with van der Waals surface area (Å²) in [6.45, 7) is 7.39. The number of carbonyl (C=O) groups excluding carboxylic acids is 1. The molecule has 0 unspecified atom stereocenters. The molecule has 0 saturated carbocycles. The summed E-state index contributed by atoms with van der Waals surface area (Å²) in [6.07, 6.45) is 0. The number of likely N-dealkylation sites (N-methyl/N-ethyl adjacent to an activating group) is 1. The quantitative estimate of drug-likeness (QED) is 0.712. The lowest BCUT2D eigenvalue weighted by atomic mass is 10.2. The Hall–Kier alpha value is -2.56. The predicted molar refractivity (Wildman–Crippen MR) is 103 cm³/mol. The number of benzene rings is 2. The van der Waals surface area contributed by atoms with Crippen LogP contribution in [0.4, 0.5) is 10.1 Å². The molecular weight excluding hydrogens is 331 g/mol. The summed E-state index contributed by atoms with van der Waals surface area (Å²) in [5, 5.41) is 0. The first-order chi connectivity index (χ1) is 12.4. The number of nitrogens with zero attached hydrogens (tertiary/aromatic N) is 2. The Morgan fingerprint density at radius 3 is 2.23 bits per heavy atom. The van der Waals surface area contributed by atoms with Crippen LogP contribution in [0.25, 0.3) is 0 Å². The minimum Gasteiger partial charge on any atom is -0.494 e. The Bertz CT molecular complexity index is 699. The van der Waals surface area contributed by atoms with E-state index in [1.54, 1.807) is 24.1 Å². The van der Waals surface area contributed by atoms with Crippen molar-refractivity contribution >= 4 is 11.6 Å². The molecular formula is C21H27FN2O2. The van der Waals surface area contributed by atoms with Crippen LogP contribution >= 0.6 is 0 Å². The van der Waals surface area contributed by atoms with Gasteiger partial charge in [-0.3, -0.25) is 4.79 Å². The van der Waals surface area contributed by atoms with Crippen molar-refractivity contribution in [2.24, 2.45) is 0 Å². The van der Waals surface area contributed by atoms with Gasteiger partial charge in [0.05, 0.1) is 13.2 Å². The molecule has 26 heavy (non-hydrogen) atoms. The maximum atomic E-state index is 13.2. The molecule has 0 N–H and O–H groups in total. The second-order valence-electron chi connectivity index (χ2n) is 6.52. The minimum absolute atomic E-state index is 0.0110. The lowest BCUT2D eigenvalue weighted by Crippen LogP contribution is -2.41. The van der Waals surface area contributed by atoms with Gasteiger partial charge in [-0.2, -0.15) is 0 Å². The molecule has 0 bridgehead atoms. The maximum Gasteiger partial charge on any atom is 0.242 e.